The number of anilines is 1. The van der Waals surface area contributed by atoms with Crippen LogP contribution in [0.4, 0.5) is 5.69 Å². The van der Waals surface area contributed by atoms with Gasteiger partial charge >= 0.3 is 0 Å². The van der Waals surface area contributed by atoms with Crippen molar-refractivity contribution >= 4 is 23.4 Å². The molecule has 45 heavy (non-hydrogen) atoms. The highest BCUT2D eigenvalue weighted by Crippen LogP contribution is 2.41. The molecule has 6 heteroatoms. The van der Waals surface area contributed by atoms with Gasteiger partial charge in [0.1, 0.15) is 6.04 Å². The third-order valence-corrected chi connectivity index (χ3v) is 8.54. The number of hydrogen-bond acceptors (Lipinski definition) is 3. The number of fused-ring (bicyclic) bond motifs is 3. The summed E-state index contributed by atoms with van der Waals surface area (Å²) in [6.45, 7) is 10.2. The summed E-state index contributed by atoms with van der Waals surface area (Å²) in [7, 11) is 0. The maximum Gasteiger partial charge on any atom is 0.254 e. The van der Waals surface area contributed by atoms with Crippen LogP contribution in [0, 0.1) is 24.7 Å². The summed E-state index contributed by atoms with van der Waals surface area (Å²) in [5.41, 5.74) is 13.4. The maximum atomic E-state index is 14.7. The maximum absolute atomic E-state index is 14.7. The van der Waals surface area contributed by atoms with Crippen molar-refractivity contribution in [3.05, 3.63) is 126 Å². The van der Waals surface area contributed by atoms with Gasteiger partial charge < -0.3 is 16.0 Å². The molecule has 0 saturated carbocycles. The zero-order valence-electron chi connectivity index (χ0n) is 26.2. The molecule has 0 aliphatic carbocycles. The molecule has 1 aliphatic heterocycles. The normalized spacial score (nSPS) is 15.4. The highest BCUT2D eigenvalue weighted by atomic mass is 16.2. The van der Waals surface area contributed by atoms with Crippen LogP contribution in [0.15, 0.2) is 110 Å². The number of hydrogen-bond donors (Lipinski definition) is 2. The van der Waals surface area contributed by atoms with Crippen LogP contribution >= 0.6 is 0 Å². The van der Waals surface area contributed by atoms with Crippen molar-refractivity contribution in [1.29, 1.82) is 0 Å². The molecule has 0 aromatic heterocycles. The summed E-state index contributed by atoms with van der Waals surface area (Å²) < 4.78 is 0. The lowest BCUT2D eigenvalue weighted by molar-refractivity contribution is -0.135. The van der Waals surface area contributed by atoms with Crippen LogP contribution < -0.4 is 16.0 Å². The Hall–Kier alpha value is -4.97. The average Bonchev–Trinajstić information content (AvgIpc) is 3.12. The SMILES string of the molecule is C=CCC(C(N)=O)C(CC(C)C)C(=O)NC1C(=O)N(Cc2cccc(-c3ccc(C)cc3)c2)c2ccccc2-c2ccccc21. The first-order valence-corrected chi connectivity index (χ1v) is 15.5. The lowest BCUT2D eigenvalue weighted by Crippen LogP contribution is -2.47. The van der Waals surface area contributed by atoms with Crippen LogP contribution in [-0.2, 0) is 20.9 Å². The average molecular weight is 600 g/mol. The molecule has 0 bridgehead atoms. The Labute approximate surface area is 266 Å². The van der Waals surface area contributed by atoms with E-state index in [-0.39, 0.29) is 24.2 Å². The Bertz CT molecular complexity index is 1710. The quantitative estimate of drug-likeness (QED) is 0.176. The minimum atomic E-state index is -0.965. The van der Waals surface area contributed by atoms with E-state index in [1.54, 1.807) is 11.0 Å². The summed E-state index contributed by atoms with van der Waals surface area (Å²) in [6.07, 6.45) is 2.35. The molecular formula is C39H41N3O3. The van der Waals surface area contributed by atoms with Gasteiger partial charge in [0.2, 0.25) is 11.8 Å². The van der Waals surface area contributed by atoms with Crippen molar-refractivity contribution in [2.45, 2.75) is 46.2 Å². The summed E-state index contributed by atoms with van der Waals surface area (Å²) in [6, 6.07) is 31.2. The standard InChI is InChI=1S/C39H41N3O3/c1-5-11-33(37(40)43)34(22-25(2)3)38(44)41-36-32-16-7-6-14-30(32)31-15-8-9-17-35(31)42(39(36)45)24-27-12-10-13-29(23-27)28-20-18-26(4)19-21-28/h5-10,12-21,23,25,33-34,36H,1,11,22,24H2,2-4H3,(H2,40,43)(H,41,44). The van der Waals surface area contributed by atoms with Crippen LogP contribution in [0.5, 0.6) is 0 Å². The number of para-hydroxylation sites is 1. The first-order valence-electron chi connectivity index (χ1n) is 15.5. The van der Waals surface area contributed by atoms with Crippen LogP contribution in [0.2, 0.25) is 0 Å². The number of allylic oxidation sites excluding steroid dienone is 1. The minimum absolute atomic E-state index is 0.131. The topological polar surface area (TPSA) is 92.5 Å². The van der Waals surface area contributed by atoms with E-state index < -0.39 is 23.8 Å². The number of benzene rings is 4. The molecule has 1 heterocycles. The van der Waals surface area contributed by atoms with Crippen molar-refractivity contribution in [2.24, 2.45) is 23.5 Å². The van der Waals surface area contributed by atoms with Crippen molar-refractivity contribution in [2.75, 3.05) is 4.90 Å². The molecule has 4 aromatic rings. The molecule has 3 amide bonds. The fraction of sp³-hybridized carbons (Fsp3) is 0.256. The van der Waals surface area contributed by atoms with Gasteiger partial charge in [-0.05, 0) is 65.6 Å². The summed E-state index contributed by atoms with van der Waals surface area (Å²) >= 11 is 0. The molecule has 5 rings (SSSR count). The van der Waals surface area contributed by atoms with E-state index in [9.17, 15) is 14.4 Å². The van der Waals surface area contributed by atoms with Gasteiger partial charge in [0.15, 0.2) is 0 Å². The number of carbonyl (C=O) groups excluding carboxylic acids is 3. The molecule has 0 saturated heterocycles. The molecule has 1 aliphatic rings. The second-order valence-corrected chi connectivity index (χ2v) is 12.3. The molecule has 0 radical (unpaired) electrons. The second kappa shape index (κ2) is 13.8. The Balaban J connectivity index is 1.56. The Morgan fingerprint density at radius 2 is 1.58 bits per heavy atom. The molecule has 230 valence electrons. The van der Waals surface area contributed by atoms with Gasteiger partial charge in [-0.25, -0.2) is 0 Å². The third-order valence-electron chi connectivity index (χ3n) is 8.54. The Morgan fingerprint density at radius 1 is 0.889 bits per heavy atom. The predicted molar refractivity (Wildman–Crippen MR) is 181 cm³/mol. The number of primary amides is 1. The Kier molecular flexibility index (Phi) is 9.62. The fourth-order valence-corrected chi connectivity index (χ4v) is 6.29. The number of aryl methyl sites for hydroxylation is 1. The van der Waals surface area contributed by atoms with Gasteiger partial charge in [-0.3, -0.25) is 14.4 Å². The number of carbonyl (C=O) groups is 3. The molecular weight excluding hydrogens is 558 g/mol. The smallest absolute Gasteiger partial charge is 0.254 e. The summed E-state index contributed by atoms with van der Waals surface area (Å²) in [4.78, 5) is 43.0. The van der Waals surface area contributed by atoms with Gasteiger partial charge in [0, 0.05) is 5.56 Å². The molecule has 3 N–H and O–H groups in total. The molecule has 0 fully saturated rings. The van der Waals surface area contributed by atoms with Crippen molar-refractivity contribution < 1.29 is 14.4 Å². The van der Waals surface area contributed by atoms with Crippen LogP contribution in [0.25, 0.3) is 22.3 Å². The van der Waals surface area contributed by atoms with Crippen molar-refractivity contribution in [1.82, 2.24) is 5.32 Å². The van der Waals surface area contributed by atoms with Crippen LogP contribution in [-0.4, -0.2) is 17.7 Å². The van der Waals surface area contributed by atoms with E-state index in [1.165, 1.54) is 5.56 Å². The van der Waals surface area contributed by atoms with E-state index in [1.807, 2.05) is 74.5 Å². The number of amides is 3. The molecule has 3 atom stereocenters. The second-order valence-electron chi connectivity index (χ2n) is 12.3. The fourth-order valence-electron chi connectivity index (χ4n) is 6.29. The molecule has 3 unspecified atom stereocenters. The number of nitrogens with zero attached hydrogens (tertiary/aromatic N) is 1. The van der Waals surface area contributed by atoms with E-state index in [0.29, 0.717) is 18.5 Å². The predicted octanol–water partition coefficient (Wildman–Crippen LogP) is 7.37. The summed E-state index contributed by atoms with van der Waals surface area (Å²) in [5.74, 6) is -2.46. The minimum Gasteiger partial charge on any atom is -0.369 e. The van der Waals surface area contributed by atoms with E-state index >= 15 is 0 Å². The monoisotopic (exact) mass is 599 g/mol. The largest absolute Gasteiger partial charge is 0.369 e. The zero-order chi connectivity index (χ0) is 32.1. The van der Waals surface area contributed by atoms with Gasteiger partial charge in [0.05, 0.1) is 24.1 Å². The first kappa shape index (κ1) is 31.5. The van der Waals surface area contributed by atoms with Crippen LogP contribution in [0.1, 0.15) is 49.4 Å². The summed E-state index contributed by atoms with van der Waals surface area (Å²) in [5, 5.41) is 3.08. The Morgan fingerprint density at radius 3 is 2.27 bits per heavy atom. The number of nitrogens with two attached hydrogens (primary N) is 1. The van der Waals surface area contributed by atoms with E-state index in [2.05, 4.69) is 55.2 Å². The molecule has 6 nitrogen and oxygen atoms in total. The van der Waals surface area contributed by atoms with Crippen molar-refractivity contribution in [3.8, 4) is 22.3 Å². The number of nitrogens with one attached hydrogen (secondary N) is 1. The van der Waals surface area contributed by atoms with Gasteiger partial charge in [-0.15, -0.1) is 6.58 Å². The lowest BCUT2D eigenvalue weighted by Gasteiger charge is -2.30. The highest BCUT2D eigenvalue weighted by Gasteiger charge is 2.38. The molecule has 0 spiro atoms. The lowest BCUT2D eigenvalue weighted by atomic mass is 9.82. The third kappa shape index (κ3) is 6.91. The highest BCUT2D eigenvalue weighted by molar-refractivity contribution is 6.06. The zero-order valence-corrected chi connectivity index (χ0v) is 26.2. The van der Waals surface area contributed by atoms with Crippen LogP contribution in [0.3, 0.4) is 0 Å². The molecule has 4 aromatic carbocycles. The number of rotatable bonds is 11. The van der Waals surface area contributed by atoms with Gasteiger partial charge in [-0.1, -0.05) is 110 Å². The van der Waals surface area contributed by atoms with Crippen molar-refractivity contribution in [3.63, 3.8) is 0 Å². The van der Waals surface area contributed by atoms with Gasteiger partial charge in [-0.2, -0.15) is 0 Å². The van der Waals surface area contributed by atoms with E-state index in [0.717, 1.165) is 33.5 Å². The van der Waals surface area contributed by atoms with Gasteiger partial charge in [0.25, 0.3) is 5.91 Å². The first-order chi connectivity index (χ1) is 21.7. The van der Waals surface area contributed by atoms with E-state index in [4.69, 9.17) is 5.73 Å².